The molecule has 0 fully saturated rings. The van der Waals surface area contributed by atoms with Crippen molar-refractivity contribution in [1.82, 2.24) is 9.13 Å². The van der Waals surface area contributed by atoms with Crippen molar-refractivity contribution < 1.29 is 0 Å². The number of aromatic nitrogens is 2. The van der Waals surface area contributed by atoms with Gasteiger partial charge in [0.05, 0.1) is 33.4 Å². The Balaban J connectivity index is 0.797. The summed E-state index contributed by atoms with van der Waals surface area (Å²) in [4.78, 5) is 5.49. The number of benzene rings is 24. The van der Waals surface area contributed by atoms with Crippen molar-refractivity contribution in [3.63, 3.8) is 0 Å². The summed E-state index contributed by atoms with van der Waals surface area (Å²) >= 11 is 0. The smallest absolute Gasteiger partial charge is 0.252 e. The van der Waals surface area contributed by atoms with Crippen molar-refractivity contribution in [2.24, 2.45) is 0 Å². The average molecular weight is 1630 g/mol. The zero-order valence-corrected chi connectivity index (χ0v) is 70.2. The highest BCUT2D eigenvalue weighted by atomic mass is 15.2. The van der Waals surface area contributed by atoms with Crippen molar-refractivity contribution in [3.8, 4) is 112 Å². The molecule has 2 aliphatic rings. The molecule has 4 heterocycles. The Kier molecular flexibility index (Phi) is 15.4. The lowest BCUT2D eigenvalue weighted by Gasteiger charge is -2.46. The third-order valence-corrected chi connectivity index (χ3v) is 28.4. The standard InChI is InChI=1S/C124H75BN4/c1-6-26-76(27-7-1)85-40-16-44-89(68-85)96-48-24-49-97(90-45-17-41-86(69-90)77-28-8-2-9-29-77)123(96)128-110-74-94(126-106-64-56-81-36-20-52-100-101-53-21-37-82-57-65-107(126)119(115(82)101)118(106)114(81)100)60-62-104(110)125-105-63-61-95(127-108-66-58-83-38-22-54-102-103-55-23-39-84-59-67-109(127)121(117(84)103)120(108)116(83)102)75-111(105)129(113-73-93(72-112(128)122(113)125)80-34-14-5-15-35-80)124-98(91-46-18-42-87(70-91)78-30-10-3-11-31-78)50-25-51-99(124)92-47-19-43-88(71-92)79-32-12-4-13-33-79/h1-75H. The van der Waals surface area contributed by atoms with Gasteiger partial charge in [0.25, 0.3) is 6.71 Å². The van der Waals surface area contributed by atoms with E-state index in [-0.39, 0.29) is 6.71 Å². The second-order valence-electron chi connectivity index (χ2n) is 35.2. The maximum atomic E-state index is 2.75. The van der Waals surface area contributed by atoms with Gasteiger partial charge in [-0.2, -0.15) is 0 Å². The van der Waals surface area contributed by atoms with Crippen LogP contribution in [0.2, 0.25) is 0 Å². The minimum Gasteiger partial charge on any atom is -0.310 e. The van der Waals surface area contributed by atoms with Gasteiger partial charge >= 0.3 is 0 Å². The van der Waals surface area contributed by atoms with Crippen LogP contribution in [0.3, 0.4) is 0 Å². The summed E-state index contributed by atoms with van der Waals surface area (Å²) in [6, 6.07) is 173. The maximum absolute atomic E-state index is 2.75. The van der Waals surface area contributed by atoms with Crippen LogP contribution in [0.1, 0.15) is 0 Å². The molecule has 0 spiro atoms. The minimum atomic E-state index is -0.353. The Morgan fingerprint density at radius 3 is 0.713 bits per heavy atom. The van der Waals surface area contributed by atoms with Gasteiger partial charge in [-0.1, -0.05) is 370 Å². The Bertz CT molecular complexity index is 8150. The molecule has 26 aromatic rings. The molecule has 0 unspecified atom stereocenters. The molecule has 0 saturated heterocycles. The first kappa shape index (κ1) is 71.6. The Morgan fingerprint density at radius 1 is 0.163 bits per heavy atom. The van der Waals surface area contributed by atoms with Crippen LogP contribution in [-0.4, -0.2) is 15.8 Å². The molecule has 2 aliphatic heterocycles. The van der Waals surface area contributed by atoms with Crippen LogP contribution >= 0.6 is 0 Å². The highest BCUT2D eigenvalue weighted by Gasteiger charge is 2.46. The lowest BCUT2D eigenvalue weighted by molar-refractivity contribution is 1.17. The molecule has 0 atom stereocenters. The number of rotatable bonds is 13. The molecule has 28 rings (SSSR count). The summed E-state index contributed by atoms with van der Waals surface area (Å²) in [7, 11) is 0. The third-order valence-electron chi connectivity index (χ3n) is 28.4. The molecule has 0 amide bonds. The molecule has 0 aliphatic carbocycles. The minimum absolute atomic E-state index is 0.353. The molecular formula is C124H75BN4. The van der Waals surface area contributed by atoms with E-state index in [4.69, 9.17) is 0 Å². The first-order valence-corrected chi connectivity index (χ1v) is 44.9. The molecule has 4 nitrogen and oxygen atoms in total. The van der Waals surface area contributed by atoms with Crippen LogP contribution in [0.15, 0.2) is 455 Å². The van der Waals surface area contributed by atoms with Crippen LogP contribution in [0, 0.1) is 0 Å². The van der Waals surface area contributed by atoms with Crippen LogP contribution in [0.4, 0.5) is 34.1 Å². The van der Waals surface area contributed by atoms with E-state index < -0.39 is 0 Å². The normalized spacial score (nSPS) is 12.6. The van der Waals surface area contributed by atoms with Crippen molar-refractivity contribution >= 4 is 165 Å². The van der Waals surface area contributed by atoms with Crippen LogP contribution in [0.5, 0.6) is 0 Å². The summed E-state index contributed by atoms with van der Waals surface area (Å²) in [5.74, 6) is 0. The molecule has 129 heavy (non-hydrogen) atoms. The third kappa shape index (κ3) is 10.6. The fourth-order valence-corrected chi connectivity index (χ4v) is 23.0. The predicted molar refractivity (Wildman–Crippen MR) is 548 cm³/mol. The van der Waals surface area contributed by atoms with E-state index in [9.17, 15) is 0 Å². The Labute approximate surface area is 745 Å². The number of fused-ring (bicyclic) bond motifs is 6. The fourth-order valence-electron chi connectivity index (χ4n) is 23.0. The SMILES string of the molecule is c1ccc(-c2cccc(-c3cccc(-c4cccc(-c5ccccc5)c4)c3N3c4cc(-n5c6ccc7cccc8c9cccc%10ccc5c(c%109)c6c78)ccc4B4c5ccc(-n6c7ccc8cccc9c%10cccc%11ccc6c(c%11%10)c7c89)cc5N(c5c(-c6cccc(-c7ccccc7)c6)cccc5-c5cccc(-c6ccccc6)c5)c5cc(-c6ccccc6)cc3c54)c2)cc1. The van der Waals surface area contributed by atoms with E-state index in [0.29, 0.717) is 0 Å². The lowest BCUT2D eigenvalue weighted by Crippen LogP contribution is -2.61. The zero-order chi connectivity index (χ0) is 84.2. The highest BCUT2D eigenvalue weighted by molar-refractivity contribution is 7.00. The predicted octanol–water partition coefficient (Wildman–Crippen LogP) is 31.6. The van der Waals surface area contributed by atoms with E-state index in [1.54, 1.807) is 0 Å². The van der Waals surface area contributed by atoms with Crippen LogP contribution < -0.4 is 26.2 Å². The second kappa shape index (κ2) is 27.8. The van der Waals surface area contributed by atoms with Crippen LogP contribution in [0.25, 0.3) is 220 Å². The summed E-state index contributed by atoms with van der Waals surface area (Å²) in [6.07, 6.45) is 0. The summed E-state index contributed by atoms with van der Waals surface area (Å²) in [5.41, 5.74) is 37.2. The highest BCUT2D eigenvalue weighted by Crippen LogP contribution is 2.57. The van der Waals surface area contributed by atoms with Crippen molar-refractivity contribution in [2.75, 3.05) is 9.80 Å². The van der Waals surface area contributed by atoms with E-state index >= 15 is 0 Å². The molecule has 0 saturated carbocycles. The summed E-state index contributed by atoms with van der Waals surface area (Å²) in [6.45, 7) is -0.353. The van der Waals surface area contributed by atoms with Crippen molar-refractivity contribution in [2.45, 2.75) is 0 Å². The molecule has 5 heteroatoms. The topological polar surface area (TPSA) is 16.3 Å². The van der Waals surface area contributed by atoms with E-state index in [2.05, 4.69) is 474 Å². The van der Waals surface area contributed by atoms with Gasteiger partial charge < -0.3 is 18.9 Å². The lowest BCUT2D eigenvalue weighted by atomic mass is 9.33. The average Bonchev–Trinajstić information content (AvgIpc) is 1.63. The van der Waals surface area contributed by atoms with E-state index in [0.717, 1.165) is 146 Å². The van der Waals surface area contributed by atoms with Crippen molar-refractivity contribution in [3.05, 3.63) is 455 Å². The van der Waals surface area contributed by atoms with Crippen molar-refractivity contribution in [1.29, 1.82) is 0 Å². The largest absolute Gasteiger partial charge is 0.310 e. The van der Waals surface area contributed by atoms with Gasteiger partial charge in [0.1, 0.15) is 0 Å². The van der Waals surface area contributed by atoms with E-state index in [1.165, 1.54) is 125 Å². The first-order chi connectivity index (χ1) is 64.0. The quantitative estimate of drug-likeness (QED) is 0.0650. The van der Waals surface area contributed by atoms with Gasteiger partial charge in [-0.25, -0.2) is 0 Å². The summed E-state index contributed by atoms with van der Waals surface area (Å²) in [5, 5.41) is 20.5. The van der Waals surface area contributed by atoms with Crippen LogP contribution in [-0.2, 0) is 0 Å². The monoisotopic (exact) mass is 1630 g/mol. The van der Waals surface area contributed by atoms with Gasteiger partial charge in [0.15, 0.2) is 0 Å². The van der Waals surface area contributed by atoms with E-state index in [1.807, 2.05) is 0 Å². The molecule has 594 valence electrons. The fraction of sp³-hybridized carbons (Fsp3) is 0. The maximum Gasteiger partial charge on any atom is 0.252 e. The van der Waals surface area contributed by atoms with Gasteiger partial charge in [-0.05, 0) is 244 Å². The molecule has 0 radical (unpaired) electrons. The molecule has 0 bridgehead atoms. The zero-order valence-electron chi connectivity index (χ0n) is 70.2. The van der Waals surface area contributed by atoms with Gasteiger partial charge in [0, 0.05) is 77.9 Å². The number of anilines is 6. The van der Waals surface area contributed by atoms with Gasteiger partial charge in [-0.15, -0.1) is 0 Å². The molecule has 24 aromatic carbocycles. The molecule has 2 aromatic heterocycles. The van der Waals surface area contributed by atoms with Gasteiger partial charge in [-0.3, -0.25) is 0 Å². The Hall–Kier alpha value is -16.9. The second-order valence-corrected chi connectivity index (χ2v) is 35.2. The Morgan fingerprint density at radius 2 is 0.419 bits per heavy atom. The molecular weight excluding hydrogens is 1560 g/mol. The molecule has 0 N–H and O–H groups in total. The summed E-state index contributed by atoms with van der Waals surface area (Å²) < 4.78 is 5.20. The number of para-hydroxylation sites is 2. The number of hydrogen-bond acceptors (Lipinski definition) is 2. The number of hydrogen-bond donors (Lipinski definition) is 0. The number of nitrogens with zero attached hydrogens (tertiary/aromatic N) is 4. The van der Waals surface area contributed by atoms with Gasteiger partial charge in [0.2, 0.25) is 0 Å². The first-order valence-electron chi connectivity index (χ1n) is 44.9.